The summed E-state index contributed by atoms with van der Waals surface area (Å²) in [6.07, 6.45) is 0. The second kappa shape index (κ2) is 7.91. The number of amides is 1. The van der Waals surface area contributed by atoms with Crippen LogP contribution in [-0.4, -0.2) is 33.7 Å². The molecule has 0 aliphatic rings. The zero-order valence-corrected chi connectivity index (χ0v) is 14.2. The molecule has 0 aromatic heterocycles. The van der Waals surface area contributed by atoms with Crippen molar-refractivity contribution in [1.29, 1.82) is 0 Å². The third-order valence-electron chi connectivity index (χ3n) is 3.55. The van der Waals surface area contributed by atoms with Crippen molar-refractivity contribution in [3.05, 3.63) is 67.8 Å². The molecule has 11 nitrogen and oxygen atoms in total. The van der Waals surface area contributed by atoms with Gasteiger partial charge in [0.15, 0.2) is 5.75 Å². The molecule has 140 valence electrons. The molecule has 0 saturated heterocycles. The summed E-state index contributed by atoms with van der Waals surface area (Å²) in [6, 6.07) is 7.12. The molecule has 0 saturated carbocycles. The number of nitrogens with one attached hydrogen (secondary N) is 1. The Bertz CT molecular complexity index is 956. The Hall–Kier alpha value is -4.02. The number of hydrogen-bond donors (Lipinski definition) is 2. The minimum Gasteiger partial charge on any atom is -0.507 e. The summed E-state index contributed by atoms with van der Waals surface area (Å²) in [6.45, 7) is 1.50. The van der Waals surface area contributed by atoms with E-state index in [1.807, 2.05) is 0 Å². The number of nitro benzene ring substituents is 2. The maximum absolute atomic E-state index is 12.1. The number of rotatable bonds is 6. The Morgan fingerprint density at radius 3 is 2.44 bits per heavy atom. The van der Waals surface area contributed by atoms with Crippen molar-refractivity contribution < 1.29 is 24.5 Å². The van der Waals surface area contributed by atoms with E-state index in [1.165, 1.54) is 32.2 Å². The maximum atomic E-state index is 12.1. The number of nitro groups is 2. The second-order valence-corrected chi connectivity index (χ2v) is 5.24. The third kappa shape index (κ3) is 4.34. The molecule has 0 aliphatic carbocycles. The zero-order valence-electron chi connectivity index (χ0n) is 14.2. The number of benzene rings is 2. The standard InChI is InChI=1S/C16H14N4O7/c1-9(10-3-6-15(27-2)13(7-10)20(25)26)17-18-16(22)12-8-11(19(23)24)4-5-14(12)21/h3-8,21H,1-2H3,(H,18,22)/b17-9-. The highest BCUT2D eigenvalue weighted by Crippen LogP contribution is 2.28. The predicted octanol–water partition coefficient (Wildman–Crippen LogP) is 2.37. The first-order valence-corrected chi connectivity index (χ1v) is 7.39. The lowest BCUT2D eigenvalue weighted by molar-refractivity contribution is -0.385. The lowest BCUT2D eigenvalue weighted by Gasteiger charge is -2.06. The summed E-state index contributed by atoms with van der Waals surface area (Å²) in [5.74, 6) is -1.26. The predicted molar refractivity (Wildman–Crippen MR) is 94.1 cm³/mol. The van der Waals surface area contributed by atoms with E-state index in [1.54, 1.807) is 0 Å². The Balaban J connectivity index is 2.26. The molecule has 2 rings (SSSR count). The van der Waals surface area contributed by atoms with Crippen molar-refractivity contribution in [2.45, 2.75) is 6.92 Å². The van der Waals surface area contributed by atoms with Gasteiger partial charge in [0.25, 0.3) is 11.6 Å². The van der Waals surface area contributed by atoms with Crippen LogP contribution in [0.2, 0.25) is 0 Å². The van der Waals surface area contributed by atoms with Crippen LogP contribution in [0, 0.1) is 20.2 Å². The van der Waals surface area contributed by atoms with Gasteiger partial charge in [-0.25, -0.2) is 5.43 Å². The first-order chi connectivity index (χ1) is 12.7. The lowest BCUT2D eigenvalue weighted by Crippen LogP contribution is -2.19. The number of aromatic hydroxyl groups is 1. The van der Waals surface area contributed by atoms with Gasteiger partial charge in [-0.1, -0.05) is 0 Å². The molecule has 0 atom stereocenters. The molecule has 11 heteroatoms. The number of non-ortho nitro benzene ring substituents is 1. The fourth-order valence-corrected chi connectivity index (χ4v) is 2.14. The Morgan fingerprint density at radius 2 is 1.85 bits per heavy atom. The third-order valence-corrected chi connectivity index (χ3v) is 3.55. The van der Waals surface area contributed by atoms with Crippen LogP contribution in [0.5, 0.6) is 11.5 Å². The van der Waals surface area contributed by atoms with Crippen molar-refractivity contribution >= 4 is 23.0 Å². The van der Waals surface area contributed by atoms with Crippen LogP contribution >= 0.6 is 0 Å². The first kappa shape index (κ1) is 19.3. The Morgan fingerprint density at radius 1 is 1.15 bits per heavy atom. The van der Waals surface area contributed by atoms with Crippen LogP contribution in [-0.2, 0) is 0 Å². The van der Waals surface area contributed by atoms with Gasteiger partial charge in [-0.05, 0) is 25.1 Å². The fraction of sp³-hybridized carbons (Fsp3) is 0.125. The van der Waals surface area contributed by atoms with E-state index < -0.39 is 21.5 Å². The molecular formula is C16H14N4O7. The smallest absolute Gasteiger partial charge is 0.311 e. The van der Waals surface area contributed by atoms with Crippen LogP contribution in [0.1, 0.15) is 22.8 Å². The van der Waals surface area contributed by atoms with E-state index in [2.05, 4.69) is 10.5 Å². The molecule has 0 spiro atoms. The monoisotopic (exact) mass is 374 g/mol. The minimum absolute atomic E-state index is 0.0714. The Labute approximate surface area is 152 Å². The number of carbonyl (C=O) groups is 1. The summed E-state index contributed by atoms with van der Waals surface area (Å²) in [5, 5.41) is 35.4. The summed E-state index contributed by atoms with van der Waals surface area (Å²) in [4.78, 5) is 32.6. The summed E-state index contributed by atoms with van der Waals surface area (Å²) < 4.78 is 4.91. The highest BCUT2D eigenvalue weighted by Gasteiger charge is 2.18. The van der Waals surface area contributed by atoms with Gasteiger partial charge in [0.05, 0.1) is 28.2 Å². The molecule has 27 heavy (non-hydrogen) atoms. The van der Waals surface area contributed by atoms with E-state index in [9.17, 15) is 30.1 Å². The van der Waals surface area contributed by atoms with Gasteiger partial charge in [0.1, 0.15) is 5.75 Å². The van der Waals surface area contributed by atoms with Gasteiger partial charge >= 0.3 is 5.69 Å². The van der Waals surface area contributed by atoms with Crippen LogP contribution in [0.3, 0.4) is 0 Å². The zero-order chi connectivity index (χ0) is 20.1. The largest absolute Gasteiger partial charge is 0.507 e. The summed E-state index contributed by atoms with van der Waals surface area (Å²) in [7, 11) is 1.30. The topological polar surface area (TPSA) is 157 Å². The van der Waals surface area contributed by atoms with Crippen molar-refractivity contribution in [3.8, 4) is 11.5 Å². The molecule has 0 aliphatic heterocycles. The lowest BCUT2D eigenvalue weighted by atomic mass is 10.1. The SMILES string of the molecule is COc1ccc(/C(C)=N\NC(=O)c2cc([N+](=O)[O-])ccc2O)cc1[N+](=O)[O-]. The maximum Gasteiger partial charge on any atom is 0.311 e. The highest BCUT2D eigenvalue weighted by atomic mass is 16.6. The highest BCUT2D eigenvalue weighted by molar-refractivity contribution is 6.02. The minimum atomic E-state index is -0.876. The number of methoxy groups -OCH3 is 1. The van der Waals surface area contributed by atoms with Crippen LogP contribution in [0.4, 0.5) is 11.4 Å². The molecule has 2 aromatic carbocycles. The fourth-order valence-electron chi connectivity index (χ4n) is 2.14. The van der Waals surface area contributed by atoms with Gasteiger partial charge < -0.3 is 9.84 Å². The number of hydrazone groups is 1. The molecule has 2 N–H and O–H groups in total. The van der Waals surface area contributed by atoms with Crippen molar-refractivity contribution in [3.63, 3.8) is 0 Å². The Kier molecular flexibility index (Phi) is 5.65. The van der Waals surface area contributed by atoms with Crippen molar-refractivity contribution in [1.82, 2.24) is 5.43 Å². The average Bonchev–Trinajstić information content (AvgIpc) is 2.65. The number of ether oxygens (including phenoxy) is 1. The van der Waals surface area contributed by atoms with Crippen LogP contribution < -0.4 is 10.2 Å². The normalized spacial score (nSPS) is 11.0. The number of phenolic OH excluding ortho intramolecular Hbond substituents is 1. The van der Waals surface area contributed by atoms with E-state index in [0.717, 1.165) is 18.2 Å². The molecule has 2 aromatic rings. The van der Waals surface area contributed by atoms with E-state index in [-0.39, 0.29) is 28.4 Å². The van der Waals surface area contributed by atoms with Gasteiger partial charge in [0.2, 0.25) is 0 Å². The summed E-state index contributed by atoms with van der Waals surface area (Å²) >= 11 is 0. The molecular weight excluding hydrogens is 360 g/mol. The van der Waals surface area contributed by atoms with Crippen LogP contribution in [0.15, 0.2) is 41.5 Å². The number of phenols is 1. The van der Waals surface area contributed by atoms with Crippen molar-refractivity contribution in [2.24, 2.45) is 5.10 Å². The van der Waals surface area contributed by atoms with E-state index in [4.69, 9.17) is 4.74 Å². The molecule has 0 heterocycles. The summed E-state index contributed by atoms with van der Waals surface area (Å²) in [5.41, 5.74) is 1.76. The van der Waals surface area contributed by atoms with Gasteiger partial charge in [-0.3, -0.25) is 25.0 Å². The molecule has 0 radical (unpaired) electrons. The molecule has 0 unspecified atom stereocenters. The molecule has 0 fully saturated rings. The first-order valence-electron chi connectivity index (χ1n) is 7.39. The van der Waals surface area contributed by atoms with Gasteiger partial charge in [-0.15, -0.1) is 0 Å². The number of hydrogen-bond acceptors (Lipinski definition) is 8. The van der Waals surface area contributed by atoms with Crippen LogP contribution in [0.25, 0.3) is 0 Å². The second-order valence-electron chi connectivity index (χ2n) is 5.24. The number of nitrogens with zero attached hydrogens (tertiary/aromatic N) is 3. The molecule has 0 bridgehead atoms. The van der Waals surface area contributed by atoms with Crippen molar-refractivity contribution in [2.75, 3.05) is 7.11 Å². The number of carbonyl (C=O) groups excluding carboxylic acids is 1. The molecule has 1 amide bonds. The van der Waals surface area contributed by atoms with Gasteiger partial charge in [-0.2, -0.15) is 5.10 Å². The quantitative estimate of drug-likeness (QED) is 0.446. The van der Waals surface area contributed by atoms with E-state index >= 15 is 0 Å². The van der Waals surface area contributed by atoms with E-state index in [0.29, 0.717) is 5.56 Å². The average molecular weight is 374 g/mol. The van der Waals surface area contributed by atoms with Gasteiger partial charge in [0, 0.05) is 23.8 Å².